The summed E-state index contributed by atoms with van der Waals surface area (Å²) in [5.41, 5.74) is 0.659. The average molecular weight is 432 g/mol. The van der Waals surface area contributed by atoms with Crippen molar-refractivity contribution in [3.05, 3.63) is 23.8 Å². The van der Waals surface area contributed by atoms with Gasteiger partial charge in [-0.25, -0.2) is 4.79 Å². The third-order valence-electron chi connectivity index (χ3n) is 5.95. The van der Waals surface area contributed by atoms with Gasteiger partial charge in [-0.3, -0.25) is 9.69 Å². The SMILES string of the molecule is CC(C)(C)OC(=O)N1CCCC(C(=O)N2CCN(Cc3ccc4c(c3)OCO4)CC2)C1. The zero-order valence-corrected chi connectivity index (χ0v) is 18.8. The number of hydrogen-bond acceptors (Lipinski definition) is 6. The summed E-state index contributed by atoms with van der Waals surface area (Å²) in [6, 6.07) is 6.06. The molecule has 31 heavy (non-hydrogen) atoms. The van der Waals surface area contributed by atoms with Crippen LogP contribution in [0.1, 0.15) is 39.2 Å². The van der Waals surface area contributed by atoms with Crippen LogP contribution in [0.4, 0.5) is 4.79 Å². The summed E-state index contributed by atoms with van der Waals surface area (Å²) in [5, 5.41) is 0. The molecule has 3 heterocycles. The molecule has 3 aliphatic heterocycles. The lowest BCUT2D eigenvalue weighted by molar-refractivity contribution is -0.139. The maximum absolute atomic E-state index is 13.1. The van der Waals surface area contributed by atoms with Crippen LogP contribution in [0.5, 0.6) is 11.5 Å². The Morgan fingerprint density at radius 1 is 1.03 bits per heavy atom. The van der Waals surface area contributed by atoms with Gasteiger partial charge in [0.15, 0.2) is 11.5 Å². The highest BCUT2D eigenvalue weighted by Gasteiger charge is 2.34. The molecule has 0 aromatic heterocycles. The number of fused-ring (bicyclic) bond motifs is 1. The van der Waals surface area contributed by atoms with Gasteiger partial charge in [0.25, 0.3) is 0 Å². The molecule has 1 atom stereocenters. The van der Waals surface area contributed by atoms with E-state index in [1.54, 1.807) is 4.90 Å². The lowest BCUT2D eigenvalue weighted by atomic mass is 9.96. The van der Waals surface area contributed by atoms with Crippen molar-refractivity contribution in [1.29, 1.82) is 0 Å². The molecular formula is C23H33N3O5. The van der Waals surface area contributed by atoms with Gasteiger partial charge >= 0.3 is 6.09 Å². The third-order valence-corrected chi connectivity index (χ3v) is 5.95. The summed E-state index contributed by atoms with van der Waals surface area (Å²) in [7, 11) is 0. The van der Waals surface area contributed by atoms with E-state index in [2.05, 4.69) is 11.0 Å². The van der Waals surface area contributed by atoms with E-state index < -0.39 is 5.60 Å². The normalized spacial score (nSPS) is 21.8. The molecule has 0 saturated carbocycles. The first kappa shape index (κ1) is 21.7. The van der Waals surface area contributed by atoms with E-state index in [0.717, 1.165) is 44.0 Å². The van der Waals surface area contributed by atoms with Crippen LogP contribution in [-0.4, -0.2) is 78.4 Å². The number of likely N-dealkylation sites (tertiary alicyclic amines) is 1. The van der Waals surface area contributed by atoms with Gasteiger partial charge in [-0.1, -0.05) is 6.07 Å². The van der Waals surface area contributed by atoms with Crippen LogP contribution in [0.25, 0.3) is 0 Å². The molecule has 1 unspecified atom stereocenters. The molecular weight excluding hydrogens is 398 g/mol. The number of carbonyl (C=O) groups excluding carboxylic acids is 2. The van der Waals surface area contributed by atoms with E-state index >= 15 is 0 Å². The Morgan fingerprint density at radius 3 is 2.52 bits per heavy atom. The molecule has 170 valence electrons. The van der Waals surface area contributed by atoms with E-state index in [0.29, 0.717) is 26.2 Å². The van der Waals surface area contributed by atoms with Gasteiger partial charge in [-0.15, -0.1) is 0 Å². The topological polar surface area (TPSA) is 71.6 Å². The maximum Gasteiger partial charge on any atom is 0.410 e. The summed E-state index contributed by atoms with van der Waals surface area (Å²) in [4.78, 5) is 31.5. The molecule has 2 saturated heterocycles. The second-order valence-electron chi connectivity index (χ2n) is 9.55. The molecule has 0 aliphatic carbocycles. The maximum atomic E-state index is 13.1. The molecule has 4 rings (SSSR count). The van der Waals surface area contributed by atoms with Crippen LogP contribution < -0.4 is 9.47 Å². The monoisotopic (exact) mass is 431 g/mol. The van der Waals surface area contributed by atoms with Gasteiger partial charge in [-0.2, -0.15) is 0 Å². The molecule has 2 fully saturated rings. The van der Waals surface area contributed by atoms with Crippen LogP contribution in [0.15, 0.2) is 18.2 Å². The molecule has 8 heteroatoms. The highest BCUT2D eigenvalue weighted by molar-refractivity contribution is 5.80. The van der Waals surface area contributed by atoms with Crippen molar-refractivity contribution in [3.63, 3.8) is 0 Å². The van der Waals surface area contributed by atoms with Crippen molar-refractivity contribution in [2.24, 2.45) is 5.92 Å². The fourth-order valence-electron chi connectivity index (χ4n) is 4.35. The van der Waals surface area contributed by atoms with Crippen molar-refractivity contribution in [2.75, 3.05) is 46.1 Å². The summed E-state index contributed by atoms with van der Waals surface area (Å²) in [5.74, 6) is 1.63. The predicted molar refractivity (Wildman–Crippen MR) is 115 cm³/mol. The van der Waals surface area contributed by atoms with Gasteiger partial charge in [0.2, 0.25) is 12.7 Å². The zero-order chi connectivity index (χ0) is 22.0. The van der Waals surface area contributed by atoms with Gasteiger partial charge in [0.1, 0.15) is 5.60 Å². The number of nitrogens with zero attached hydrogens (tertiary/aromatic N) is 3. The molecule has 0 radical (unpaired) electrons. The first-order valence-electron chi connectivity index (χ1n) is 11.2. The number of ether oxygens (including phenoxy) is 3. The molecule has 1 aromatic rings. The highest BCUT2D eigenvalue weighted by atomic mass is 16.7. The predicted octanol–water partition coefficient (Wildman–Crippen LogP) is 2.71. The Morgan fingerprint density at radius 2 is 1.77 bits per heavy atom. The fourth-order valence-corrected chi connectivity index (χ4v) is 4.35. The second kappa shape index (κ2) is 8.94. The van der Waals surface area contributed by atoms with Crippen LogP contribution in [0.2, 0.25) is 0 Å². The molecule has 8 nitrogen and oxygen atoms in total. The molecule has 2 amide bonds. The second-order valence-corrected chi connectivity index (χ2v) is 9.55. The fraction of sp³-hybridized carbons (Fsp3) is 0.652. The summed E-state index contributed by atoms with van der Waals surface area (Å²) < 4.78 is 16.3. The lowest BCUT2D eigenvalue weighted by Gasteiger charge is -2.39. The van der Waals surface area contributed by atoms with Crippen molar-refractivity contribution in [2.45, 2.75) is 45.8 Å². The highest BCUT2D eigenvalue weighted by Crippen LogP contribution is 2.33. The summed E-state index contributed by atoms with van der Waals surface area (Å²) >= 11 is 0. The number of piperazine rings is 1. The zero-order valence-electron chi connectivity index (χ0n) is 18.8. The number of piperidine rings is 1. The van der Waals surface area contributed by atoms with Crippen LogP contribution in [-0.2, 0) is 16.1 Å². The van der Waals surface area contributed by atoms with Crippen molar-refractivity contribution < 1.29 is 23.8 Å². The largest absolute Gasteiger partial charge is 0.454 e. The Labute approximate surface area is 184 Å². The minimum atomic E-state index is -0.525. The Kier molecular flexibility index (Phi) is 6.27. The van der Waals surface area contributed by atoms with Gasteiger partial charge in [0.05, 0.1) is 5.92 Å². The van der Waals surface area contributed by atoms with Crippen molar-refractivity contribution in [1.82, 2.24) is 14.7 Å². The van der Waals surface area contributed by atoms with Crippen molar-refractivity contribution in [3.8, 4) is 11.5 Å². The Bertz CT molecular complexity index is 814. The summed E-state index contributed by atoms with van der Waals surface area (Å²) in [6.45, 7) is 10.9. The van der Waals surface area contributed by atoms with Gasteiger partial charge < -0.3 is 24.0 Å². The van der Waals surface area contributed by atoms with Crippen LogP contribution in [0.3, 0.4) is 0 Å². The molecule has 3 aliphatic rings. The van der Waals surface area contributed by atoms with E-state index in [9.17, 15) is 9.59 Å². The lowest BCUT2D eigenvalue weighted by Crippen LogP contribution is -2.53. The number of amides is 2. The Balaban J connectivity index is 1.26. The molecule has 0 N–H and O–H groups in total. The van der Waals surface area contributed by atoms with Gasteiger partial charge in [0, 0.05) is 45.8 Å². The minimum absolute atomic E-state index is 0.137. The van der Waals surface area contributed by atoms with Crippen LogP contribution >= 0.6 is 0 Å². The smallest absolute Gasteiger partial charge is 0.410 e. The first-order valence-corrected chi connectivity index (χ1v) is 11.2. The number of carbonyl (C=O) groups is 2. The number of hydrogen-bond donors (Lipinski definition) is 0. The van der Waals surface area contributed by atoms with Gasteiger partial charge in [-0.05, 0) is 51.3 Å². The summed E-state index contributed by atoms with van der Waals surface area (Å²) in [6.07, 6.45) is 1.34. The van der Waals surface area contributed by atoms with E-state index in [1.165, 1.54) is 5.56 Å². The molecule has 1 aromatic carbocycles. The minimum Gasteiger partial charge on any atom is -0.454 e. The number of rotatable bonds is 3. The van der Waals surface area contributed by atoms with E-state index in [-0.39, 0.29) is 24.7 Å². The molecule has 0 bridgehead atoms. The average Bonchev–Trinajstić information content (AvgIpc) is 3.20. The Hall–Kier alpha value is -2.48. The van der Waals surface area contributed by atoms with E-state index in [1.807, 2.05) is 37.8 Å². The van der Waals surface area contributed by atoms with Crippen LogP contribution in [0, 0.1) is 5.92 Å². The van der Waals surface area contributed by atoms with Crippen molar-refractivity contribution >= 4 is 12.0 Å². The number of benzene rings is 1. The first-order chi connectivity index (χ1) is 14.8. The van der Waals surface area contributed by atoms with E-state index in [4.69, 9.17) is 14.2 Å². The molecule has 0 spiro atoms. The quantitative estimate of drug-likeness (QED) is 0.733. The standard InChI is InChI=1S/C23H33N3O5/c1-23(2,3)31-22(28)26-8-4-5-18(15-26)21(27)25-11-9-24(10-12-25)14-17-6-7-19-20(13-17)30-16-29-19/h6-7,13,18H,4-5,8-12,14-16H2,1-3H3. The third kappa shape index (κ3) is 5.42.